The van der Waals surface area contributed by atoms with Gasteiger partial charge in [0, 0.05) is 13.1 Å². The number of rotatable bonds is 5. The minimum Gasteiger partial charge on any atom is -0.491 e. The van der Waals surface area contributed by atoms with Crippen molar-refractivity contribution in [1.29, 1.82) is 0 Å². The maximum absolute atomic E-state index is 14.5. The summed E-state index contributed by atoms with van der Waals surface area (Å²) in [5.74, 6) is -0.872. The minimum absolute atomic E-state index is 0.0169. The Balaban J connectivity index is 1.78. The molecular formula is C24H25FN2O3. The normalized spacial score (nSPS) is 17.3. The highest BCUT2D eigenvalue weighted by molar-refractivity contribution is 6.45. The first-order chi connectivity index (χ1) is 14.5. The Morgan fingerprint density at radius 2 is 1.57 bits per heavy atom. The standard InChI is InChI=1S/C24H25FN2O3/c1-16(2)30-18-12-10-17(11-13-18)21-22(26-14-6-3-7-15-26)24(29)27(23(21)28)20-9-5-4-8-19(20)25/h4-5,8-13,16H,3,6-7,14-15H2,1-2H3. The van der Waals surface area contributed by atoms with E-state index in [-0.39, 0.29) is 11.8 Å². The van der Waals surface area contributed by atoms with Crippen LogP contribution in [0.2, 0.25) is 0 Å². The van der Waals surface area contributed by atoms with E-state index in [1.807, 2.05) is 18.7 Å². The molecule has 156 valence electrons. The molecule has 30 heavy (non-hydrogen) atoms. The van der Waals surface area contributed by atoms with Crippen molar-refractivity contribution in [3.05, 3.63) is 65.6 Å². The maximum atomic E-state index is 14.5. The van der Waals surface area contributed by atoms with Gasteiger partial charge in [0.1, 0.15) is 17.3 Å². The second-order valence-electron chi connectivity index (χ2n) is 7.86. The molecule has 2 aliphatic rings. The molecule has 0 saturated carbocycles. The monoisotopic (exact) mass is 408 g/mol. The maximum Gasteiger partial charge on any atom is 0.282 e. The third-order valence-electron chi connectivity index (χ3n) is 5.34. The van der Waals surface area contributed by atoms with Crippen molar-refractivity contribution in [2.75, 3.05) is 18.0 Å². The van der Waals surface area contributed by atoms with Gasteiger partial charge in [-0.15, -0.1) is 0 Å². The van der Waals surface area contributed by atoms with Crippen LogP contribution in [-0.4, -0.2) is 35.9 Å². The lowest BCUT2D eigenvalue weighted by molar-refractivity contribution is -0.120. The lowest BCUT2D eigenvalue weighted by Crippen LogP contribution is -2.37. The average molecular weight is 408 g/mol. The number of likely N-dealkylation sites (tertiary alicyclic amines) is 1. The first-order valence-electron chi connectivity index (χ1n) is 10.4. The Hall–Kier alpha value is -3.15. The number of para-hydroxylation sites is 1. The first-order valence-corrected chi connectivity index (χ1v) is 10.4. The Morgan fingerprint density at radius 1 is 0.900 bits per heavy atom. The third-order valence-corrected chi connectivity index (χ3v) is 5.34. The average Bonchev–Trinajstić information content (AvgIpc) is 2.99. The second kappa shape index (κ2) is 8.30. The summed E-state index contributed by atoms with van der Waals surface area (Å²) < 4.78 is 20.2. The number of benzene rings is 2. The molecule has 0 spiro atoms. The van der Waals surface area contributed by atoms with Crippen molar-refractivity contribution in [3.63, 3.8) is 0 Å². The molecule has 6 heteroatoms. The summed E-state index contributed by atoms with van der Waals surface area (Å²) >= 11 is 0. The van der Waals surface area contributed by atoms with Crippen molar-refractivity contribution in [2.24, 2.45) is 0 Å². The summed E-state index contributed by atoms with van der Waals surface area (Å²) in [5.41, 5.74) is 1.29. The van der Waals surface area contributed by atoms with Crippen LogP contribution in [0.25, 0.3) is 5.57 Å². The van der Waals surface area contributed by atoms with Crippen LogP contribution in [0.3, 0.4) is 0 Å². The molecule has 2 aromatic rings. The van der Waals surface area contributed by atoms with E-state index in [0.29, 0.717) is 35.7 Å². The zero-order chi connectivity index (χ0) is 21.3. The summed E-state index contributed by atoms with van der Waals surface area (Å²) in [6, 6.07) is 13.0. The highest BCUT2D eigenvalue weighted by Crippen LogP contribution is 2.37. The quantitative estimate of drug-likeness (QED) is 0.689. The zero-order valence-electron chi connectivity index (χ0n) is 17.2. The van der Waals surface area contributed by atoms with Crippen LogP contribution in [0.5, 0.6) is 5.75 Å². The van der Waals surface area contributed by atoms with Gasteiger partial charge >= 0.3 is 0 Å². The summed E-state index contributed by atoms with van der Waals surface area (Å²) in [6.07, 6.45) is 3.04. The highest BCUT2D eigenvalue weighted by atomic mass is 19.1. The van der Waals surface area contributed by atoms with E-state index >= 15 is 0 Å². The van der Waals surface area contributed by atoms with Crippen LogP contribution >= 0.6 is 0 Å². The predicted molar refractivity (Wildman–Crippen MR) is 113 cm³/mol. The van der Waals surface area contributed by atoms with Crippen molar-refractivity contribution < 1.29 is 18.7 Å². The number of anilines is 1. The summed E-state index contributed by atoms with van der Waals surface area (Å²) in [6.45, 7) is 5.29. The lowest BCUT2D eigenvalue weighted by Gasteiger charge is -2.29. The molecule has 0 aliphatic carbocycles. The molecule has 1 fully saturated rings. The molecule has 2 aromatic carbocycles. The number of carbonyl (C=O) groups excluding carboxylic acids is 2. The number of halogens is 1. The number of piperidine rings is 1. The fraction of sp³-hybridized carbons (Fsp3) is 0.333. The molecule has 0 bridgehead atoms. The smallest absolute Gasteiger partial charge is 0.282 e. The van der Waals surface area contributed by atoms with Gasteiger partial charge in [-0.3, -0.25) is 9.59 Å². The van der Waals surface area contributed by atoms with Gasteiger partial charge in [-0.1, -0.05) is 24.3 Å². The van der Waals surface area contributed by atoms with Crippen LogP contribution in [0.1, 0.15) is 38.7 Å². The number of carbonyl (C=O) groups is 2. The molecule has 0 aromatic heterocycles. The van der Waals surface area contributed by atoms with E-state index in [4.69, 9.17) is 4.74 Å². The third kappa shape index (κ3) is 3.70. The molecule has 0 radical (unpaired) electrons. The van der Waals surface area contributed by atoms with Gasteiger partial charge < -0.3 is 9.64 Å². The number of ether oxygens (including phenoxy) is 1. The van der Waals surface area contributed by atoms with Crippen molar-refractivity contribution in [3.8, 4) is 5.75 Å². The molecule has 2 heterocycles. The summed E-state index contributed by atoms with van der Waals surface area (Å²) in [4.78, 5) is 29.7. The topological polar surface area (TPSA) is 49.9 Å². The van der Waals surface area contributed by atoms with Crippen molar-refractivity contribution in [1.82, 2.24) is 4.90 Å². The Labute approximate surface area is 175 Å². The number of hydrogen-bond acceptors (Lipinski definition) is 4. The molecule has 0 unspecified atom stereocenters. The van der Waals surface area contributed by atoms with Gasteiger partial charge in [0.05, 0.1) is 17.4 Å². The molecule has 2 amide bonds. The molecule has 2 aliphatic heterocycles. The van der Waals surface area contributed by atoms with Crippen LogP contribution in [0.4, 0.5) is 10.1 Å². The minimum atomic E-state index is -0.598. The van der Waals surface area contributed by atoms with Gasteiger partial charge in [0.15, 0.2) is 0 Å². The van der Waals surface area contributed by atoms with Gasteiger partial charge in [0.25, 0.3) is 11.8 Å². The van der Waals surface area contributed by atoms with Gasteiger partial charge in [-0.2, -0.15) is 0 Å². The summed E-state index contributed by atoms with van der Waals surface area (Å²) in [5, 5.41) is 0. The SMILES string of the molecule is CC(C)Oc1ccc(C2=C(N3CCCCC3)C(=O)N(c3ccccc3F)C2=O)cc1. The predicted octanol–water partition coefficient (Wildman–Crippen LogP) is 4.38. The van der Waals surface area contributed by atoms with E-state index in [1.54, 1.807) is 30.3 Å². The molecule has 5 nitrogen and oxygen atoms in total. The van der Waals surface area contributed by atoms with E-state index < -0.39 is 17.6 Å². The van der Waals surface area contributed by atoms with E-state index in [9.17, 15) is 14.0 Å². The van der Waals surface area contributed by atoms with E-state index in [2.05, 4.69) is 0 Å². The van der Waals surface area contributed by atoms with E-state index in [1.165, 1.54) is 18.2 Å². The number of nitrogens with zero attached hydrogens (tertiary/aromatic N) is 2. The molecule has 4 rings (SSSR count). The van der Waals surface area contributed by atoms with Crippen LogP contribution in [0.15, 0.2) is 54.2 Å². The second-order valence-corrected chi connectivity index (χ2v) is 7.86. The van der Waals surface area contributed by atoms with Crippen molar-refractivity contribution >= 4 is 23.1 Å². The van der Waals surface area contributed by atoms with Gasteiger partial charge in [-0.05, 0) is 62.9 Å². The van der Waals surface area contributed by atoms with Crippen LogP contribution < -0.4 is 9.64 Å². The summed E-state index contributed by atoms with van der Waals surface area (Å²) in [7, 11) is 0. The van der Waals surface area contributed by atoms with E-state index in [0.717, 1.165) is 24.2 Å². The van der Waals surface area contributed by atoms with Crippen molar-refractivity contribution in [2.45, 2.75) is 39.2 Å². The molecular weight excluding hydrogens is 383 g/mol. The number of amides is 2. The molecule has 0 atom stereocenters. The van der Waals surface area contributed by atoms with Crippen LogP contribution in [-0.2, 0) is 9.59 Å². The number of imide groups is 1. The first kappa shape index (κ1) is 20.1. The Bertz CT molecular complexity index is 992. The largest absolute Gasteiger partial charge is 0.491 e. The van der Waals surface area contributed by atoms with Gasteiger partial charge in [0.2, 0.25) is 0 Å². The fourth-order valence-corrected chi connectivity index (χ4v) is 4.01. The Morgan fingerprint density at radius 3 is 2.20 bits per heavy atom. The van der Waals surface area contributed by atoms with Crippen LogP contribution in [0, 0.1) is 5.82 Å². The molecule has 0 N–H and O–H groups in total. The number of hydrogen-bond donors (Lipinski definition) is 0. The lowest BCUT2D eigenvalue weighted by atomic mass is 10.0. The molecule has 1 saturated heterocycles. The Kier molecular flexibility index (Phi) is 5.57. The zero-order valence-corrected chi connectivity index (χ0v) is 17.2. The fourth-order valence-electron chi connectivity index (χ4n) is 4.01. The highest BCUT2D eigenvalue weighted by Gasteiger charge is 2.43. The van der Waals surface area contributed by atoms with Gasteiger partial charge in [-0.25, -0.2) is 9.29 Å².